The summed E-state index contributed by atoms with van der Waals surface area (Å²) in [6, 6.07) is 7.14. The van der Waals surface area contributed by atoms with Crippen LogP contribution in [0.1, 0.15) is 5.56 Å². The maximum atomic E-state index is 11.8. The highest BCUT2D eigenvalue weighted by Gasteiger charge is 2.09. The van der Waals surface area contributed by atoms with Gasteiger partial charge in [-0.2, -0.15) is 5.26 Å². The van der Waals surface area contributed by atoms with Crippen LogP contribution in [-0.4, -0.2) is 44.3 Å². The third-order valence-electron chi connectivity index (χ3n) is 3.01. The van der Waals surface area contributed by atoms with Gasteiger partial charge >= 0.3 is 5.97 Å². The third kappa shape index (κ3) is 5.88. The summed E-state index contributed by atoms with van der Waals surface area (Å²) < 4.78 is 10.4. The topological polar surface area (TPSA) is 121 Å². The number of carboxylic acid groups (broad SMARTS) is 1. The Bertz CT molecular complexity index is 664. The number of benzene rings is 1. The standard InChI is InChI=1S/C16H19N3O5/c1-23-13-4-3-11(7-14(13)24-2)5-6-19-16(22)12(8-17)9-18-10-15(20)21/h3-4,7,9,18H,5-6,10H2,1-2H3,(H,19,22)(H,20,21)/b12-9-. The normalized spacial score (nSPS) is 10.5. The van der Waals surface area contributed by atoms with Crippen molar-refractivity contribution in [3.63, 3.8) is 0 Å². The molecule has 0 saturated carbocycles. The summed E-state index contributed by atoms with van der Waals surface area (Å²) in [6.07, 6.45) is 1.62. The molecule has 0 atom stereocenters. The number of aliphatic carboxylic acids is 1. The smallest absolute Gasteiger partial charge is 0.322 e. The van der Waals surface area contributed by atoms with Gasteiger partial charge in [0.1, 0.15) is 18.2 Å². The fourth-order valence-corrected chi connectivity index (χ4v) is 1.84. The number of hydrogen-bond acceptors (Lipinski definition) is 6. The second-order valence-corrected chi connectivity index (χ2v) is 4.64. The van der Waals surface area contributed by atoms with E-state index in [-0.39, 0.29) is 12.1 Å². The Morgan fingerprint density at radius 1 is 1.29 bits per heavy atom. The van der Waals surface area contributed by atoms with Crippen LogP contribution in [0.25, 0.3) is 0 Å². The number of rotatable bonds is 9. The maximum absolute atomic E-state index is 11.8. The maximum Gasteiger partial charge on any atom is 0.322 e. The van der Waals surface area contributed by atoms with Crippen LogP contribution in [0.2, 0.25) is 0 Å². The molecular weight excluding hydrogens is 314 g/mol. The van der Waals surface area contributed by atoms with Gasteiger partial charge in [-0.3, -0.25) is 9.59 Å². The molecule has 0 aliphatic heterocycles. The number of carbonyl (C=O) groups is 2. The lowest BCUT2D eigenvalue weighted by atomic mass is 10.1. The number of nitrogens with zero attached hydrogens (tertiary/aromatic N) is 1. The summed E-state index contributed by atoms with van der Waals surface area (Å²) in [7, 11) is 3.09. The van der Waals surface area contributed by atoms with Crippen LogP contribution >= 0.6 is 0 Å². The Morgan fingerprint density at radius 3 is 2.58 bits per heavy atom. The van der Waals surface area contributed by atoms with E-state index in [1.54, 1.807) is 25.3 Å². The number of carbonyl (C=O) groups excluding carboxylic acids is 1. The minimum atomic E-state index is -1.09. The highest BCUT2D eigenvalue weighted by molar-refractivity contribution is 5.97. The lowest BCUT2D eigenvalue weighted by Gasteiger charge is -2.10. The van der Waals surface area contributed by atoms with Crippen molar-refractivity contribution in [1.29, 1.82) is 5.26 Å². The number of nitriles is 1. The van der Waals surface area contributed by atoms with Gasteiger partial charge in [0.05, 0.1) is 14.2 Å². The highest BCUT2D eigenvalue weighted by Crippen LogP contribution is 2.27. The number of ether oxygens (including phenoxy) is 2. The zero-order valence-electron chi connectivity index (χ0n) is 13.5. The fraction of sp³-hybridized carbons (Fsp3) is 0.312. The quantitative estimate of drug-likeness (QED) is 0.443. The molecule has 0 heterocycles. The van der Waals surface area contributed by atoms with Crippen molar-refractivity contribution in [3.8, 4) is 17.6 Å². The average Bonchev–Trinajstić information content (AvgIpc) is 2.58. The van der Waals surface area contributed by atoms with Crippen molar-refractivity contribution in [3.05, 3.63) is 35.5 Å². The van der Waals surface area contributed by atoms with Crippen molar-refractivity contribution in [2.24, 2.45) is 0 Å². The minimum absolute atomic E-state index is 0.191. The number of methoxy groups -OCH3 is 2. The SMILES string of the molecule is COc1ccc(CCNC(=O)/C(C#N)=C\NCC(=O)O)cc1OC. The van der Waals surface area contributed by atoms with E-state index in [9.17, 15) is 9.59 Å². The Balaban J connectivity index is 2.55. The zero-order chi connectivity index (χ0) is 17.9. The molecule has 0 fully saturated rings. The molecular formula is C16H19N3O5. The van der Waals surface area contributed by atoms with Crippen LogP contribution in [0.5, 0.6) is 11.5 Å². The molecule has 1 aromatic carbocycles. The second-order valence-electron chi connectivity index (χ2n) is 4.64. The molecule has 0 aromatic heterocycles. The molecule has 0 bridgehead atoms. The van der Waals surface area contributed by atoms with Crippen LogP contribution in [0.3, 0.4) is 0 Å². The summed E-state index contributed by atoms with van der Waals surface area (Å²) in [6.45, 7) is -0.0592. The second kappa shape index (κ2) is 9.74. The molecule has 128 valence electrons. The van der Waals surface area contributed by atoms with Gasteiger partial charge in [-0.15, -0.1) is 0 Å². The number of amides is 1. The van der Waals surface area contributed by atoms with E-state index in [2.05, 4.69) is 10.6 Å². The summed E-state index contributed by atoms with van der Waals surface area (Å²) in [5.74, 6) is -0.449. The van der Waals surface area contributed by atoms with Crippen LogP contribution in [0, 0.1) is 11.3 Å². The molecule has 0 unspecified atom stereocenters. The van der Waals surface area contributed by atoms with Crippen LogP contribution in [-0.2, 0) is 16.0 Å². The number of nitrogens with one attached hydrogen (secondary N) is 2. The first-order valence-electron chi connectivity index (χ1n) is 7.06. The average molecular weight is 333 g/mol. The first-order chi connectivity index (χ1) is 11.5. The Morgan fingerprint density at radius 2 is 2.00 bits per heavy atom. The molecule has 24 heavy (non-hydrogen) atoms. The largest absolute Gasteiger partial charge is 0.493 e. The Hall–Kier alpha value is -3.21. The zero-order valence-corrected chi connectivity index (χ0v) is 13.5. The highest BCUT2D eigenvalue weighted by atomic mass is 16.5. The van der Waals surface area contributed by atoms with E-state index in [0.717, 1.165) is 11.8 Å². The van der Waals surface area contributed by atoms with Gasteiger partial charge < -0.3 is 25.2 Å². The van der Waals surface area contributed by atoms with Crippen molar-refractivity contribution < 1.29 is 24.2 Å². The predicted molar refractivity (Wildman–Crippen MR) is 85.6 cm³/mol. The molecule has 3 N–H and O–H groups in total. The molecule has 0 saturated heterocycles. The van der Waals surface area contributed by atoms with E-state index >= 15 is 0 Å². The van der Waals surface area contributed by atoms with Gasteiger partial charge in [0.25, 0.3) is 5.91 Å². The van der Waals surface area contributed by atoms with Crippen molar-refractivity contribution in [1.82, 2.24) is 10.6 Å². The molecule has 0 aliphatic carbocycles. The van der Waals surface area contributed by atoms with Gasteiger partial charge in [0, 0.05) is 12.7 Å². The number of carboxylic acids is 1. The van der Waals surface area contributed by atoms with E-state index in [1.165, 1.54) is 7.11 Å². The van der Waals surface area contributed by atoms with Gasteiger partial charge in [-0.25, -0.2) is 0 Å². The molecule has 0 aliphatic rings. The lowest BCUT2D eigenvalue weighted by molar-refractivity contribution is -0.135. The van der Waals surface area contributed by atoms with E-state index in [0.29, 0.717) is 24.5 Å². The van der Waals surface area contributed by atoms with Crippen LogP contribution in [0.4, 0.5) is 0 Å². The van der Waals surface area contributed by atoms with Crippen LogP contribution < -0.4 is 20.1 Å². The predicted octanol–water partition coefficient (Wildman–Crippen LogP) is 0.444. The summed E-state index contributed by atoms with van der Waals surface area (Å²) >= 11 is 0. The van der Waals surface area contributed by atoms with Gasteiger partial charge in [0.15, 0.2) is 11.5 Å². The van der Waals surface area contributed by atoms with Crippen molar-refractivity contribution in [2.45, 2.75) is 6.42 Å². The van der Waals surface area contributed by atoms with Gasteiger partial charge in [0.2, 0.25) is 0 Å². The van der Waals surface area contributed by atoms with Crippen LogP contribution in [0.15, 0.2) is 30.0 Å². The lowest BCUT2D eigenvalue weighted by Crippen LogP contribution is -2.28. The summed E-state index contributed by atoms with van der Waals surface area (Å²) in [5.41, 5.74) is 0.739. The van der Waals surface area contributed by atoms with Crippen molar-refractivity contribution in [2.75, 3.05) is 27.3 Å². The number of hydrogen-bond donors (Lipinski definition) is 3. The molecule has 0 radical (unpaired) electrons. The molecule has 8 nitrogen and oxygen atoms in total. The minimum Gasteiger partial charge on any atom is -0.493 e. The van der Waals surface area contributed by atoms with E-state index in [4.69, 9.17) is 19.8 Å². The molecule has 1 rings (SSSR count). The van der Waals surface area contributed by atoms with Gasteiger partial charge in [-0.05, 0) is 24.1 Å². The molecule has 0 spiro atoms. The fourth-order valence-electron chi connectivity index (χ4n) is 1.84. The Labute approximate surface area is 139 Å². The molecule has 1 amide bonds. The first kappa shape index (κ1) is 18.8. The molecule has 8 heteroatoms. The molecule has 1 aromatic rings. The monoisotopic (exact) mass is 333 g/mol. The Kier molecular flexibility index (Phi) is 7.64. The van der Waals surface area contributed by atoms with E-state index < -0.39 is 11.9 Å². The van der Waals surface area contributed by atoms with E-state index in [1.807, 2.05) is 6.07 Å². The summed E-state index contributed by atoms with van der Waals surface area (Å²) in [4.78, 5) is 22.2. The van der Waals surface area contributed by atoms with Gasteiger partial charge in [-0.1, -0.05) is 6.07 Å². The third-order valence-corrected chi connectivity index (χ3v) is 3.01. The summed E-state index contributed by atoms with van der Waals surface area (Å²) in [5, 5.41) is 22.4. The first-order valence-corrected chi connectivity index (χ1v) is 7.06. The van der Waals surface area contributed by atoms with Crippen molar-refractivity contribution >= 4 is 11.9 Å².